The Kier molecular flexibility index (Phi) is 6.27. The lowest BCUT2D eigenvalue weighted by Gasteiger charge is -2.23. The van der Waals surface area contributed by atoms with Gasteiger partial charge in [-0.05, 0) is 49.8 Å². The van der Waals surface area contributed by atoms with Crippen LogP contribution in [0.25, 0.3) is 10.9 Å². The van der Waals surface area contributed by atoms with E-state index in [0.717, 1.165) is 30.4 Å². The minimum atomic E-state index is -0.647. The second kappa shape index (κ2) is 9.26. The summed E-state index contributed by atoms with van der Waals surface area (Å²) in [5.41, 5.74) is 1.90. The molecule has 0 fully saturated rings. The maximum absolute atomic E-state index is 12.8. The van der Waals surface area contributed by atoms with E-state index >= 15 is 0 Å². The summed E-state index contributed by atoms with van der Waals surface area (Å²) in [6, 6.07) is 17.1. The number of carbonyl (C=O) groups is 2. The number of carbonyl (C=O) groups excluding carboxylic acids is 2. The van der Waals surface area contributed by atoms with Gasteiger partial charge in [0.15, 0.2) is 0 Å². The molecule has 0 aliphatic carbocycles. The van der Waals surface area contributed by atoms with Crippen LogP contribution >= 0.6 is 12.2 Å². The Bertz CT molecular complexity index is 1160. The van der Waals surface area contributed by atoms with Crippen molar-refractivity contribution < 1.29 is 9.59 Å². The number of para-hydroxylation sites is 2. The molecule has 1 aromatic heterocycles. The van der Waals surface area contributed by atoms with Gasteiger partial charge in [0.2, 0.25) is 10.7 Å². The molecular formula is C23H25N5O2S. The third kappa shape index (κ3) is 4.44. The first-order valence-corrected chi connectivity index (χ1v) is 10.9. The average molecular weight is 436 g/mol. The van der Waals surface area contributed by atoms with Crippen molar-refractivity contribution in [2.24, 2.45) is 0 Å². The minimum Gasteiger partial charge on any atom is -0.372 e. The first-order chi connectivity index (χ1) is 15.1. The van der Waals surface area contributed by atoms with Crippen LogP contribution < -0.4 is 15.5 Å². The van der Waals surface area contributed by atoms with Gasteiger partial charge in [0.1, 0.15) is 11.9 Å². The Hall–Kier alpha value is -3.26. The van der Waals surface area contributed by atoms with Crippen LogP contribution in [-0.4, -0.2) is 47.0 Å². The molecule has 0 saturated carbocycles. The van der Waals surface area contributed by atoms with E-state index in [4.69, 9.17) is 12.2 Å². The maximum atomic E-state index is 12.8. The number of aromatic nitrogens is 2. The van der Waals surface area contributed by atoms with E-state index in [1.54, 1.807) is 0 Å². The smallest absolute Gasteiger partial charge is 0.257 e. The number of rotatable bonds is 8. The van der Waals surface area contributed by atoms with Gasteiger partial charge in [-0.1, -0.05) is 30.3 Å². The molecule has 0 radical (unpaired) electrons. The van der Waals surface area contributed by atoms with Crippen molar-refractivity contribution in [3.05, 3.63) is 59.4 Å². The molecule has 160 valence electrons. The Labute approximate surface area is 186 Å². The van der Waals surface area contributed by atoms with Crippen molar-refractivity contribution in [3.63, 3.8) is 0 Å². The molecule has 0 saturated heterocycles. The lowest BCUT2D eigenvalue weighted by atomic mass is 10.2. The Morgan fingerprint density at radius 1 is 1.19 bits per heavy atom. The molecule has 1 amide bonds. The molecule has 4 rings (SSSR count). The molecule has 0 spiro atoms. The Morgan fingerprint density at radius 3 is 2.71 bits per heavy atom. The number of hydrogen-bond donors (Lipinski definition) is 2. The molecule has 31 heavy (non-hydrogen) atoms. The van der Waals surface area contributed by atoms with Gasteiger partial charge in [0.05, 0.1) is 11.9 Å². The molecule has 2 heterocycles. The number of amides is 1. The molecule has 1 atom stereocenters. The number of nitrogens with one attached hydrogen (secondary N) is 2. The molecule has 8 heteroatoms. The lowest BCUT2D eigenvalue weighted by molar-refractivity contribution is -0.121. The predicted octanol–water partition coefficient (Wildman–Crippen LogP) is 3.62. The highest BCUT2D eigenvalue weighted by Crippen LogP contribution is 2.28. The van der Waals surface area contributed by atoms with Crippen molar-refractivity contribution >= 4 is 46.4 Å². The normalized spacial score (nSPS) is 14.9. The summed E-state index contributed by atoms with van der Waals surface area (Å²) in [4.78, 5) is 31.9. The summed E-state index contributed by atoms with van der Waals surface area (Å²) in [6.45, 7) is 4.42. The van der Waals surface area contributed by atoms with Gasteiger partial charge in [-0.15, -0.1) is 0 Å². The van der Waals surface area contributed by atoms with E-state index in [-0.39, 0.29) is 23.0 Å². The third-order valence-electron chi connectivity index (χ3n) is 5.44. The van der Waals surface area contributed by atoms with Gasteiger partial charge in [-0.2, -0.15) is 0 Å². The van der Waals surface area contributed by atoms with Crippen LogP contribution in [0, 0.1) is 4.77 Å². The minimum absolute atomic E-state index is 0.0553. The van der Waals surface area contributed by atoms with E-state index < -0.39 is 6.04 Å². The van der Waals surface area contributed by atoms with Gasteiger partial charge in [0.25, 0.3) is 5.91 Å². The summed E-state index contributed by atoms with van der Waals surface area (Å²) in [5.74, 6) is 0.208. The summed E-state index contributed by atoms with van der Waals surface area (Å²) >= 11 is 5.30. The zero-order valence-corrected chi connectivity index (χ0v) is 18.2. The largest absolute Gasteiger partial charge is 0.372 e. The molecular weight excluding hydrogens is 410 g/mol. The summed E-state index contributed by atoms with van der Waals surface area (Å²) in [7, 11) is 0. The van der Waals surface area contributed by atoms with E-state index in [1.807, 2.05) is 42.5 Å². The fourth-order valence-electron chi connectivity index (χ4n) is 3.87. The fraction of sp³-hybridized carbons (Fsp3) is 0.304. The third-order valence-corrected chi connectivity index (χ3v) is 5.71. The van der Waals surface area contributed by atoms with E-state index in [1.165, 1.54) is 10.3 Å². The van der Waals surface area contributed by atoms with Crippen molar-refractivity contribution in [1.29, 1.82) is 0 Å². The summed E-state index contributed by atoms with van der Waals surface area (Å²) in [6.07, 6.45) is 0.875. The van der Waals surface area contributed by atoms with E-state index in [2.05, 4.69) is 39.6 Å². The Morgan fingerprint density at radius 2 is 1.94 bits per heavy atom. The molecule has 0 unspecified atom stereocenters. The number of hydrogen-bond acceptors (Lipinski definition) is 6. The van der Waals surface area contributed by atoms with Crippen molar-refractivity contribution in [3.8, 4) is 0 Å². The van der Waals surface area contributed by atoms with Crippen LogP contribution in [0.3, 0.4) is 0 Å². The van der Waals surface area contributed by atoms with Crippen LogP contribution in [0.4, 0.5) is 11.5 Å². The number of anilines is 2. The summed E-state index contributed by atoms with van der Waals surface area (Å²) in [5, 5.41) is 6.92. The molecule has 0 bridgehead atoms. The number of fused-ring (bicyclic) bond motifs is 3. The highest BCUT2D eigenvalue weighted by molar-refractivity contribution is 7.71. The van der Waals surface area contributed by atoms with Crippen LogP contribution in [0.15, 0.2) is 54.6 Å². The molecule has 1 aliphatic rings. The first-order valence-electron chi connectivity index (χ1n) is 10.5. The molecule has 3 aromatic rings. The van der Waals surface area contributed by atoms with Gasteiger partial charge >= 0.3 is 0 Å². The van der Waals surface area contributed by atoms with Gasteiger partial charge in [-0.25, -0.2) is 9.55 Å². The first kappa shape index (κ1) is 21.0. The standard InChI is InChI=1S/C23H25N5O2S/c1-2-27(16-9-4-3-5-10-16)14-8-13-24-20(29)15-19-22(30)28-21(25-19)17-11-6-7-12-18(17)26-23(28)31/h3-7,9-12,19,25H,2,8,13-15H2,1H3,(H,24,29)/t19-/m0/s1. The SMILES string of the molecule is CCN(CCCNC(=O)C[C@@H]1Nc2c3ccccc3nc(=S)n2C1=O)c1ccccc1. The quantitative estimate of drug-likeness (QED) is 0.416. The highest BCUT2D eigenvalue weighted by Gasteiger charge is 2.33. The van der Waals surface area contributed by atoms with Gasteiger partial charge < -0.3 is 15.5 Å². The van der Waals surface area contributed by atoms with Gasteiger partial charge in [0, 0.05) is 30.7 Å². The van der Waals surface area contributed by atoms with E-state index in [9.17, 15) is 9.59 Å². The highest BCUT2D eigenvalue weighted by atomic mass is 32.1. The van der Waals surface area contributed by atoms with Crippen LogP contribution in [0.2, 0.25) is 0 Å². The van der Waals surface area contributed by atoms with Crippen LogP contribution in [0.5, 0.6) is 0 Å². The zero-order valence-electron chi connectivity index (χ0n) is 17.4. The second-order valence-electron chi connectivity index (χ2n) is 7.45. The topological polar surface area (TPSA) is 79.3 Å². The van der Waals surface area contributed by atoms with Crippen LogP contribution in [-0.2, 0) is 4.79 Å². The monoisotopic (exact) mass is 435 g/mol. The molecule has 1 aliphatic heterocycles. The molecule has 7 nitrogen and oxygen atoms in total. The lowest BCUT2D eigenvalue weighted by Crippen LogP contribution is -2.35. The van der Waals surface area contributed by atoms with Crippen molar-refractivity contribution in [2.45, 2.75) is 25.8 Å². The second-order valence-corrected chi connectivity index (χ2v) is 7.82. The fourth-order valence-corrected chi connectivity index (χ4v) is 4.15. The van der Waals surface area contributed by atoms with Crippen molar-refractivity contribution in [1.82, 2.24) is 14.9 Å². The number of nitrogens with zero attached hydrogens (tertiary/aromatic N) is 3. The zero-order chi connectivity index (χ0) is 21.8. The predicted molar refractivity (Wildman–Crippen MR) is 125 cm³/mol. The maximum Gasteiger partial charge on any atom is 0.257 e. The molecule has 2 N–H and O–H groups in total. The van der Waals surface area contributed by atoms with Gasteiger partial charge in [-0.3, -0.25) is 9.59 Å². The Balaban J connectivity index is 1.32. The van der Waals surface area contributed by atoms with Crippen molar-refractivity contribution in [2.75, 3.05) is 29.9 Å². The van der Waals surface area contributed by atoms with Crippen LogP contribution in [0.1, 0.15) is 24.6 Å². The summed E-state index contributed by atoms with van der Waals surface area (Å²) < 4.78 is 1.60. The molecule has 2 aromatic carbocycles. The average Bonchev–Trinajstić information content (AvgIpc) is 3.11. The van der Waals surface area contributed by atoms with E-state index in [0.29, 0.717) is 12.4 Å². The number of benzene rings is 2.